The second-order valence-corrected chi connectivity index (χ2v) is 6.08. The van der Waals surface area contributed by atoms with Crippen LogP contribution in [0.15, 0.2) is 0 Å². The Kier molecular flexibility index (Phi) is 7.91. The lowest BCUT2D eigenvalue weighted by Gasteiger charge is -2.21. The molecular formula is C14H26BrNO. The highest BCUT2D eigenvalue weighted by atomic mass is 79.9. The van der Waals surface area contributed by atoms with Crippen molar-refractivity contribution in [2.75, 3.05) is 5.33 Å². The summed E-state index contributed by atoms with van der Waals surface area (Å²) in [5.74, 6) is 0.579. The monoisotopic (exact) mass is 303 g/mol. The summed E-state index contributed by atoms with van der Waals surface area (Å²) in [6, 6.07) is 0.325. The molecule has 17 heavy (non-hydrogen) atoms. The van der Waals surface area contributed by atoms with Gasteiger partial charge in [0, 0.05) is 17.3 Å². The van der Waals surface area contributed by atoms with Gasteiger partial charge < -0.3 is 5.32 Å². The van der Waals surface area contributed by atoms with E-state index in [4.69, 9.17) is 0 Å². The van der Waals surface area contributed by atoms with E-state index >= 15 is 0 Å². The molecule has 0 saturated heterocycles. The van der Waals surface area contributed by atoms with E-state index in [0.29, 0.717) is 11.9 Å². The number of nitrogens with one attached hydrogen (secondary N) is 1. The van der Waals surface area contributed by atoms with Gasteiger partial charge in [-0.15, -0.1) is 0 Å². The number of hydrogen-bond acceptors (Lipinski definition) is 1. The van der Waals surface area contributed by atoms with Gasteiger partial charge in [-0.3, -0.25) is 4.79 Å². The van der Waals surface area contributed by atoms with E-state index in [9.17, 15) is 4.79 Å². The van der Waals surface area contributed by atoms with Crippen LogP contribution in [0.4, 0.5) is 0 Å². The molecule has 3 heteroatoms. The molecule has 100 valence electrons. The van der Waals surface area contributed by atoms with Crippen LogP contribution in [0.1, 0.15) is 64.7 Å². The Morgan fingerprint density at radius 3 is 2.41 bits per heavy atom. The zero-order valence-corrected chi connectivity index (χ0v) is 12.6. The molecule has 1 unspecified atom stereocenters. The van der Waals surface area contributed by atoms with Crippen LogP contribution in [0.2, 0.25) is 0 Å². The molecule has 0 radical (unpaired) electrons. The van der Waals surface area contributed by atoms with Crippen molar-refractivity contribution in [3.8, 4) is 0 Å². The fourth-order valence-corrected chi connectivity index (χ4v) is 2.86. The highest BCUT2D eigenvalue weighted by Crippen LogP contribution is 2.22. The first-order valence-corrected chi connectivity index (χ1v) is 8.22. The minimum absolute atomic E-state index is 0.279. The predicted molar refractivity (Wildman–Crippen MR) is 76.4 cm³/mol. The Bertz CT molecular complexity index is 212. The summed E-state index contributed by atoms with van der Waals surface area (Å²) in [4.78, 5) is 12.1. The van der Waals surface area contributed by atoms with Gasteiger partial charge in [-0.2, -0.15) is 0 Å². The first-order chi connectivity index (χ1) is 8.24. The van der Waals surface area contributed by atoms with Gasteiger partial charge in [0.2, 0.25) is 5.91 Å². The van der Waals surface area contributed by atoms with E-state index in [1.165, 1.54) is 32.1 Å². The van der Waals surface area contributed by atoms with Gasteiger partial charge in [0.1, 0.15) is 0 Å². The third kappa shape index (κ3) is 6.44. The van der Waals surface area contributed by atoms with E-state index in [1.807, 2.05) is 0 Å². The van der Waals surface area contributed by atoms with Crippen molar-refractivity contribution in [2.45, 2.75) is 70.8 Å². The number of carbonyl (C=O) groups excluding carboxylic acids is 1. The predicted octanol–water partition coefficient (Wildman–Crippen LogP) is 4.03. The fourth-order valence-electron chi connectivity index (χ4n) is 2.53. The maximum absolute atomic E-state index is 12.1. The summed E-state index contributed by atoms with van der Waals surface area (Å²) >= 11 is 3.43. The van der Waals surface area contributed by atoms with Crippen LogP contribution < -0.4 is 5.32 Å². The average Bonchev–Trinajstić information content (AvgIpc) is 2.25. The molecular weight excluding hydrogens is 278 g/mol. The van der Waals surface area contributed by atoms with Crippen molar-refractivity contribution < 1.29 is 4.79 Å². The van der Waals surface area contributed by atoms with Crippen molar-refractivity contribution in [1.29, 1.82) is 0 Å². The Morgan fingerprint density at radius 1 is 1.24 bits per heavy atom. The Labute approximate surface area is 114 Å². The van der Waals surface area contributed by atoms with Gasteiger partial charge in [0.25, 0.3) is 0 Å². The van der Waals surface area contributed by atoms with Gasteiger partial charge in [0.15, 0.2) is 0 Å². The van der Waals surface area contributed by atoms with Gasteiger partial charge >= 0.3 is 0 Å². The molecule has 1 atom stereocenters. The molecule has 0 spiro atoms. The molecule has 0 aromatic rings. The normalized spacial score (nSPS) is 20.4. The molecule has 0 aromatic heterocycles. The van der Waals surface area contributed by atoms with Gasteiger partial charge in [-0.05, 0) is 32.6 Å². The molecule has 1 saturated carbocycles. The summed E-state index contributed by atoms with van der Waals surface area (Å²) in [6.45, 7) is 2.11. The zero-order chi connectivity index (χ0) is 12.5. The molecule has 1 amide bonds. The largest absolute Gasteiger partial charge is 0.353 e. The van der Waals surface area contributed by atoms with E-state index in [1.54, 1.807) is 0 Å². The quantitative estimate of drug-likeness (QED) is 0.763. The lowest BCUT2D eigenvalue weighted by molar-refractivity contribution is -0.126. The third-order valence-corrected chi connectivity index (χ3v) is 4.20. The summed E-state index contributed by atoms with van der Waals surface area (Å²) in [5, 5.41) is 4.20. The average molecular weight is 304 g/mol. The van der Waals surface area contributed by atoms with Crippen molar-refractivity contribution in [3.63, 3.8) is 0 Å². The van der Waals surface area contributed by atoms with Crippen molar-refractivity contribution in [2.24, 2.45) is 5.92 Å². The third-order valence-electron chi connectivity index (χ3n) is 3.64. The van der Waals surface area contributed by atoms with Crippen LogP contribution in [0.25, 0.3) is 0 Å². The van der Waals surface area contributed by atoms with Crippen LogP contribution in [0.3, 0.4) is 0 Å². The first-order valence-electron chi connectivity index (χ1n) is 7.10. The van der Waals surface area contributed by atoms with E-state index < -0.39 is 0 Å². The second-order valence-electron chi connectivity index (χ2n) is 5.28. The lowest BCUT2D eigenvalue weighted by atomic mass is 9.90. The highest BCUT2D eigenvalue weighted by Gasteiger charge is 2.20. The van der Waals surface area contributed by atoms with Gasteiger partial charge in [-0.25, -0.2) is 0 Å². The van der Waals surface area contributed by atoms with Gasteiger partial charge in [0.05, 0.1) is 0 Å². The lowest BCUT2D eigenvalue weighted by Crippen LogP contribution is -2.37. The number of amides is 1. The summed E-state index contributed by atoms with van der Waals surface area (Å²) in [6.07, 6.45) is 10.8. The molecule has 2 nitrogen and oxygen atoms in total. The number of carbonyl (C=O) groups is 1. The zero-order valence-electron chi connectivity index (χ0n) is 11.0. The SMILES string of the molecule is CC(CCCBr)NC(=O)C1CCCCCCC1. The number of alkyl halides is 1. The molecule has 1 aliphatic rings. The number of halogens is 1. The van der Waals surface area contributed by atoms with Gasteiger partial charge in [-0.1, -0.05) is 48.0 Å². The summed E-state index contributed by atoms with van der Waals surface area (Å²) < 4.78 is 0. The topological polar surface area (TPSA) is 29.1 Å². The molecule has 0 bridgehead atoms. The number of rotatable bonds is 5. The Balaban J connectivity index is 2.28. The summed E-state index contributed by atoms with van der Waals surface area (Å²) in [7, 11) is 0. The van der Waals surface area contributed by atoms with Crippen molar-refractivity contribution in [3.05, 3.63) is 0 Å². The van der Waals surface area contributed by atoms with Crippen molar-refractivity contribution in [1.82, 2.24) is 5.32 Å². The molecule has 1 rings (SSSR count). The maximum Gasteiger partial charge on any atom is 0.223 e. The molecule has 1 N–H and O–H groups in total. The van der Waals surface area contributed by atoms with Crippen molar-refractivity contribution >= 4 is 21.8 Å². The minimum Gasteiger partial charge on any atom is -0.353 e. The Morgan fingerprint density at radius 2 is 1.82 bits per heavy atom. The van der Waals surface area contributed by atoms with E-state index in [0.717, 1.165) is 31.0 Å². The molecule has 0 heterocycles. The minimum atomic E-state index is 0.279. The summed E-state index contributed by atoms with van der Waals surface area (Å²) in [5.41, 5.74) is 0. The standard InChI is InChI=1S/C14H26BrNO/c1-12(8-7-11-15)16-14(17)13-9-5-3-2-4-6-10-13/h12-13H,2-11H2,1H3,(H,16,17). The maximum atomic E-state index is 12.1. The van der Waals surface area contributed by atoms with Crippen LogP contribution in [-0.2, 0) is 4.79 Å². The fraction of sp³-hybridized carbons (Fsp3) is 0.929. The van der Waals surface area contributed by atoms with Crippen LogP contribution in [0, 0.1) is 5.92 Å². The van der Waals surface area contributed by atoms with Crippen LogP contribution >= 0.6 is 15.9 Å². The molecule has 0 aliphatic heterocycles. The van der Waals surface area contributed by atoms with E-state index in [2.05, 4.69) is 28.2 Å². The van der Waals surface area contributed by atoms with E-state index in [-0.39, 0.29) is 5.92 Å². The van der Waals surface area contributed by atoms with Crippen LogP contribution in [0.5, 0.6) is 0 Å². The second kappa shape index (κ2) is 8.96. The highest BCUT2D eigenvalue weighted by molar-refractivity contribution is 9.09. The first kappa shape index (κ1) is 15.0. The number of hydrogen-bond donors (Lipinski definition) is 1. The Hall–Kier alpha value is -0.0500. The molecule has 0 aromatic carbocycles. The smallest absolute Gasteiger partial charge is 0.223 e. The molecule has 1 aliphatic carbocycles. The van der Waals surface area contributed by atoms with Crippen LogP contribution in [-0.4, -0.2) is 17.3 Å². The molecule has 1 fully saturated rings.